The summed E-state index contributed by atoms with van der Waals surface area (Å²) in [7, 11) is 3.19. The molecule has 0 amide bonds. The molecule has 0 fully saturated rings. The molecule has 134 valence electrons. The lowest BCUT2D eigenvalue weighted by Crippen LogP contribution is -2.27. The maximum absolute atomic E-state index is 6.08. The monoisotopic (exact) mass is 361 g/mol. The van der Waals surface area contributed by atoms with Crippen molar-refractivity contribution >= 4 is 23.2 Å². The number of methoxy groups -OCH3 is 2. The van der Waals surface area contributed by atoms with E-state index >= 15 is 0 Å². The molecule has 6 heteroatoms. The van der Waals surface area contributed by atoms with Crippen molar-refractivity contribution in [3.63, 3.8) is 0 Å². The van der Waals surface area contributed by atoms with E-state index in [0.717, 1.165) is 11.3 Å². The minimum Gasteiger partial charge on any atom is -0.493 e. The SMILES string of the molecule is COc1ccc(NC(N)=NCC(C)(C)c2cccc(Cl)c2)cc1OC. The molecule has 0 aromatic heterocycles. The zero-order chi connectivity index (χ0) is 18.4. The largest absolute Gasteiger partial charge is 0.493 e. The van der Waals surface area contributed by atoms with Crippen LogP contribution in [0, 0.1) is 0 Å². The topological polar surface area (TPSA) is 68.9 Å². The summed E-state index contributed by atoms with van der Waals surface area (Å²) in [5.74, 6) is 1.62. The average Bonchev–Trinajstić information content (AvgIpc) is 2.60. The predicted octanol–water partition coefficient (Wildman–Crippen LogP) is 4.06. The Morgan fingerprint density at radius 1 is 1.12 bits per heavy atom. The standard InChI is InChI=1S/C19H24ClN3O2/c1-19(2,13-6-5-7-14(20)10-13)12-22-18(21)23-15-8-9-16(24-3)17(11-15)25-4/h5-11H,12H2,1-4H3,(H3,21,22,23). The Bertz CT molecular complexity index is 760. The molecule has 5 nitrogen and oxygen atoms in total. The Morgan fingerprint density at radius 3 is 2.48 bits per heavy atom. The number of hydrogen-bond acceptors (Lipinski definition) is 3. The highest BCUT2D eigenvalue weighted by molar-refractivity contribution is 6.30. The maximum atomic E-state index is 6.08. The number of guanidine groups is 1. The third-order valence-electron chi connectivity index (χ3n) is 3.91. The molecule has 2 aromatic rings. The second-order valence-electron chi connectivity index (χ2n) is 6.29. The van der Waals surface area contributed by atoms with E-state index in [-0.39, 0.29) is 5.41 Å². The number of nitrogens with two attached hydrogens (primary N) is 1. The molecule has 0 aliphatic rings. The van der Waals surface area contributed by atoms with E-state index < -0.39 is 0 Å². The lowest BCUT2D eigenvalue weighted by Gasteiger charge is -2.23. The van der Waals surface area contributed by atoms with Gasteiger partial charge in [-0.05, 0) is 29.8 Å². The van der Waals surface area contributed by atoms with Crippen LogP contribution in [0.4, 0.5) is 5.69 Å². The van der Waals surface area contributed by atoms with Crippen LogP contribution >= 0.6 is 11.6 Å². The zero-order valence-electron chi connectivity index (χ0n) is 15.0. The number of anilines is 1. The molecule has 3 N–H and O–H groups in total. The van der Waals surface area contributed by atoms with Gasteiger partial charge in [0, 0.05) is 22.2 Å². The average molecular weight is 362 g/mol. The number of hydrogen-bond donors (Lipinski definition) is 2. The van der Waals surface area contributed by atoms with Crippen molar-refractivity contribution in [2.45, 2.75) is 19.3 Å². The molecule has 25 heavy (non-hydrogen) atoms. The van der Waals surface area contributed by atoms with E-state index in [1.54, 1.807) is 14.2 Å². The van der Waals surface area contributed by atoms with Gasteiger partial charge in [-0.2, -0.15) is 0 Å². The summed E-state index contributed by atoms with van der Waals surface area (Å²) in [6, 6.07) is 13.3. The van der Waals surface area contributed by atoms with Crippen molar-refractivity contribution in [1.29, 1.82) is 0 Å². The minimum absolute atomic E-state index is 0.186. The summed E-state index contributed by atoms with van der Waals surface area (Å²) in [4.78, 5) is 4.46. The zero-order valence-corrected chi connectivity index (χ0v) is 15.7. The smallest absolute Gasteiger partial charge is 0.193 e. The number of aliphatic imine (C=N–C) groups is 1. The summed E-state index contributed by atoms with van der Waals surface area (Å²) >= 11 is 6.08. The fourth-order valence-electron chi connectivity index (χ4n) is 2.38. The molecule has 0 aliphatic heterocycles. The van der Waals surface area contributed by atoms with Crippen LogP contribution < -0.4 is 20.5 Å². The fourth-order valence-corrected chi connectivity index (χ4v) is 2.58. The second kappa shape index (κ2) is 8.12. The van der Waals surface area contributed by atoms with Crippen LogP contribution in [-0.4, -0.2) is 26.7 Å². The molecule has 2 rings (SSSR count). The van der Waals surface area contributed by atoms with Crippen LogP contribution in [-0.2, 0) is 5.41 Å². The summed E-state index contributed by atoms with van der Waals surface area (Å²) in [6.45, 7) is 4.73. The minimum atomic E-state index is -0.186. The molecule has 0 atom stereocenters. The van der Waals surface area contributed by atoms with Crippen molar-refractivity contribution in [2.24, 2.45) is 10.7 Å². The van der Waals surface area contributed by atoms with Gasteiger partial charge in [0.2, 0.25) is 0 Å². The van der Waals surface area contributed by atoms with Gasteiger partial charge in [-0.3, -0.25) is 4.99 Å². The fraction of sp³-hybridized carbons (Fsp3) is 0.316. The molecule has 0 saturated heterocycles. The van der Waals surface area contributed by atoms with E-state index in [4.69, 9.17) is 26.8 Å². The van der Waals surface area contributed by atoms with E-state index in [1.165, 1.54) is 0 Å². The lowest BCUT2D eigenvalue weighted by atomic mass is 9.85. The van der Waals surface area contributed by atoms with Gasteiger partial charge in [0.15, 0.2) is 17.5 Å². The molecule has 0 spiro atoms. The molecular weight excluding hydrogens is 338 g/mol. The first-order valence-corrected chi connectivity index (χ1v) is 8.28. The molecular formula is C19H24ClN3O2. The Balaban J connectivity index is 2.09. The van der Waals surface area contributed by atoms with Gasteiger partial charge in [-0.25, -0.2) is 0 Å². The quantitative estimate of drug-likeness (QED) is 0.601. The number of ether oxygens (including phenoxy) is 2. The highest BCUT2D eigenvalue weighted by atomic mass is 35.5. The third kappa shape index (κ3) is 5.03. The normalized spacial score (nSPS) is 12.0. The van der Waals surface area contributed by atoms with E-state index in [2.05, 4.69) is 24.2 Å². The molecule has 0 unspecified atom stereocenters. The van der Waals surface area contributed by atoms with Gasteiger partial charge < -0.3 is 20.5 Å². The number of benzene rings is 2. The molecule has 0 heterocycles. The van der Waals surface area contributed by atoms with Crippen LogP contribution in [0.5, 0.6) is 11.5 Å². The van der Waals surface area contributed by atoms with Crippen LogP contribution in [0.15, 0.2) is 47.5 Å². The maximum Gasteiger partial charge on any atom is 0.193 e. The van der Waals surface area contributed by atoms with Gasteiger partial charge in [-0.1, -0.05) is 37.6 Å². The van der Waals surface area contributed by atoms with E-state index in [1.807, 2.05) is 42.5 Å². The van der Waals surface area contributed by atoms with Crippen LogP contribution in [0.25, 0.3) is 0 Å². The van der Waals surface area contributed by atoms with Crippen molar-refractivity contribution in [3.05, 3.63) is 53.1 Å². The molecule has 0 radical (unpaired) electrons. The number of nitrogens with one attached hydrogen (secondary N) is 1. The van der Waals surface area contributed by atoms with Crippen molar-refractivity contribution in [3.8, 4) is 11.5 Å². The van der Waals surface area contributed by atoms with Gasteiger partial charge >= 0.3 is 0 Å². The highest BCUT2D eigenvalue weighted by Crippen LogP contribution is 2.30. The summed E-state index contributed by atoms with van der Waals surface area (Å²) in [5, 5.41) is 3.78. The first kappa shape index (κ1) is 18.9. The van der Waals surface area contributed by atoms with Gasteiger partial charge in [0.1, 0.15) is 0 Å². The first-order valence-electron chi connectivity index (χ1n) is 7.91. The molecule has 0 saturated carbocycles. The molecule has 0 aliphatic carbocycles. The Hall–Kier alpha value is -2.40. The number of nitrogens with zero attached hydrogens (tertiary/aromatic N) is 1. The van der Waals surface area contributed by atoms with E-state index in [0.29, 0.717) is 29.0 Å². The Labute approximate surface area is 153 Å². The van der Waals surface area contributed by atoms with Gasteiger partial charge in [-0.15, -0.1) is 0 Å². The van der Waals surface area contributed by atoms with Crippen molar-refractivity contribution < 1.29 is 9.47 Å². The predicted molar refractivity (Wildman–Crippen MR) is 104 cm³/mol. The van der Waals surface area contributed by atoms with Gasteiger partial charge in [0.05, 0.1) is 20.8 Å². The van der Waals surface area contributed by atoms with Crippen molar-refractivity contribution in [2.75, 3.05) is 26.1 Å². The number of halogens is 1. The lowest BCUT2D eigenvalue weighted by molar-refractivity contribution is 0.355. The van der Waals surface area contributed by atoms with Gasteiger partial charge in [0.25, 0.3) is 0 Å². The Kier molecular flexibility index (Phi) is 6.15. The summed E-state index contributed by atoms with van der Waals surface area (Å²) in [5.41, 5.74) is 7.73. The highest BCUT2D eigenvalue weighted by Gasteiger charge is 2.20. The Morgan fingerprint density at radius 2 is 1.84 bits per heavy atom. The summed E-state index contributed by atoms with van der Waals surface area (Å²) < 4.78 is 10.5. The van der Waals surface area contributed by atoms with Crippen LogP contribution in [0.1, 0.15) is 19.4 Å². The number of rotatable bonds is 6. The molecule has 2 aromatic carbocycles. The molecule has 0 bridgehead atoms. The van der Waals surface area contributed by atoms with Crippen LogP contribution in [0.2, 0.25) is 5.02 Å². The third-order valence-corrected chi connectivity index (χ3v) is 4.14. The van der Waals surface area contributed by atoms with E-state index in [9.17, 15) is 0 Å². The van der Waals surface area contributed by atoms with Crippen LogP contribution in [0.3, 0.4) is 0 Å². The van der Waals surface area contributed by atoms with Crippen molar-refractivity contribution in [1.82, 2.24) is 0 Å². The first-order chi connectivity index (χ1) is 11.9. The summed E-state index contributed by atoms with van der Waals surface area (Å²) in [6.07, 6.45) is 0. The second-order valence-corrected chi connectivity index (χ2v) is 6.73.